The van der Waals surface area contributed by atoms with Crippen LogP contribution in [0.4, 0.5) is 4.39 Å². The quantitative estimate of drug-likeness (QED) is 0.729. The highest BCUT2D eigenvalue weighted by molar-refractivity contribution is 9.10. The van der Waals surface area contributed by atoms with Crippen LogP contribution < -0.4 is 0 Å². The molecule has 4 rings (SSSR count). The number of aryl methyl sites for hydroxylation is 2. The summed E-state index contributed by atoms with van der Waals surface area (Å²) in [5.41, 5.74) is 5.37. The van der Waals surface area contributed by atoms with Gasteiger partial charge in [0.1, 0.15) is 5.82 Å². The average molecular weight is 308 g/mol. The molecule has 1 nitrogen and oxygen atoms in total. The lowest BCUT2D eigenvalue weighted by Crippen LogP contribution is -2.14. The van der Waals surface area contributed by atoms with Gasteiger partial charge in [0.25, 0.3) is 0 Å². The van der Waals surface area contributed by atoms with Crippen LogP contribution in [0.5, 0.6) is 0 Å². The molecule has 2 aliphatic carbocycles. The molecular formula is C15H15BrFN. The van der Waals surface area contributed by atoms with E-state index in [0.29, 0.717) is 9.89 Å². The van der Waals surface area contributed by atoms with Crippen molar-refractivity contribution in [2.45, 2.75) is 39.0 Å². The summed E-state index contributed by atoms with van der Waals surface area (Å²) in [6.07, 6.45) is 6.25. The van der Waals surface area contributed by atoms with Crippen LogP contribution in [0.15, 0.2) is 10.5 Å². The van der Waals surface area contributed by atoms with E-state index >= 15 is 0 Å². The number of hydrogen-bond donors (Lipinski definition) is 1. The van der Waals surface area contributed by atoms with Crippen molar-refractivity contribution in [2.75, 3.05) is 0 Å². The topological polar surface area (TPSA) is 15.8 Å². The summed E-state index contributed by atoms with van der Waals surface area (Å²) in [5, 5.41) is 1.09. The van der Waals surface area contributed by atoms with Gasteiger partial charge in [-0.25, -0.2) is 4.39 Å². The van der Waals surface area contributed by atoms with Crippen LogP contribution >= 0.6 is 15.9 Å². The Kier molecular flexibility index (Phi) is 2.07. The number of H-pyrrole nitrogens is 1. The second-order valence-corrected chi connectivity index (χ2v) is 6.79. The molecule has 2 aromatic rings. The lowest BCUT2D eigenvalue weighted by molar-refractivity contribution is 0.437. The fourth-order valence-corrected chi connectivity index (χ4v) is 3.99. The molecule has 0 saturated heterocycles. The maximum atomic E-state index is 13.9. The minimum absolute atomic E-state index is 0.141. The van der Waals surface area contributed by atoms with Gasteiger partial charge in [-0.15, -0.1) is 0 Å². The van der Waals surface area contributed by atoms with Gasteiger partial charge in [-0.05, 0) is 77.6 Å². The van der Waals surface area contributed by atoms with Crippen molar-refractivity contribution in [3.63, 3.8) is 0 Å². The molecule has 1 N–H and O–H groups in total. The van der Waals surface area contributed by atoms with Crippen LogP contribution in [0.3, 0.4) is 0 Å². The first-order chi connectivity index (χ1) is 8.60. The number of hydrogen-bond acceptors (Lipinski definition) is 0. The van der Waals surface area contributed by atoms with E-state index < -0.39 is 0 Å². The van der Waals surface area contributed by atoms with Crippen LogP contribution in [0.25, 0.3) is 10.9 Å². The van der Waals surface area contributed by atoms with Crippen molar-refractivity contribution < 1.29 is 4.39 Å². The van der Waals surface area contributed by atoms with Crippen molar-refractivity contribution in [3.8, 4) is 0 Å². The monoisotopic (exact) mass is 307 g/mol. The fraction of sp³-hybridized carbons (Fsp3) is 0.467. The fourth-order valence-electron chi connectivity index (χ4n) is 3.44. The molecule has 0 aliphatic heterocycles. The molecule has 1 saturated carbocycles. The third-order valence-electron chi connectivity index (χ3n) is 4.77. The van der Waals surface area contributed by atoms with E-state index in [4.69, 9.17) is 0 Å². The molecule has 0 atom stereocenters. The van der Waals surface area contributed by atoms with Crippen molar-refractivity contribution in [3.05, 3.63) is 33.2 Å². The molecule has 0 bridgehead atoms. The number of aromatic nitrogens is 1. The Hall–Kier alpha value is -0.830. The van der Waals surface area contributed by atoms with E-state index in [1.807, 2.05) is 6.92 Å². The summed E-state index contributed by atoms with van der Waals surface area (Å²) in [7, 11) is 0. The molecule has 0 unspecified atom stereocenters. The maximum absolute atomic E-state index is 13.9. The van der Waals surface area contributed by atoms with Crippen LogP contribution in [0.1, 0.15) is 36.1 Å². The molecule has 94 valence electrons. The van der Waals surface area contributed by atoms with Crippen LogP contribution in [0, 0.1) is 18.2 Å². The van der Waals surface area contributed by atoms with E-state index in [1.54, 1.807) is 6.07 Å². The zero-order valence-corrected chi connectivity index (χ0v) is 12.0. The Bertz CT molecular complexity index is 667. The Morgan fingerprint density at radius 1 is 1.33 bits per heavy atom. The SMILES string of the molecule is Cc1cc(F)c(Br)c2c3c([nH]c12)CCC1(CC1)C3. The van der Waals surface area contributed by atoms with Gasteiger partial charge in [0.05, 0.1) is 9.99 Å². The van der Waals surface area contributed by atoms with Gasteiger partial charge in [-0.1, -0.05) is 0 Å². The molecule has 0 radical (unpaired) electrons. The predicted molar refractivity (Wildman–Crippen MR) is 74.4 cm³/mol. The Balaban J connectivity index is 2.04. The van der Waals surface area contributed by atoms with Gasteiger partial charge in [0.2, 0.25) is 0 Å². The Labute approximate surface area is 114 Å². The van der Waals surface area contributed by atoms with Crippen LogP contribution in [-0.4, -0.2) is 4.98 Å². The second-order valence-electron chi connectivity index (χ2n) is 6.00. The third-order valence-corrected chi connectivity index (χ3v) is 5.55. The Morgan fingerprint density at radius 2 is 2.11 bits per heavy atom. The summed E-state index contributed by atoms with van der Waals surface area (Å²) in [5.74, 6) is -0.141. The number of benzene rings is 1. The summed E-state index contributed by atoms with van der Waals surface area (Å²) in [6, 6.07) is 1.61. The molecule has 1 heterocycles. The lowest BCUT2D eigenvalue weighted by atomic mass is 9.84. The number of aromatic amines is 1. The van der Waals surface area contributed by atoms with E-state index in [9.17, 15) is 4.39 Å². The van der Waals surface area contributed by atoms with Crippen LogP contribution in [0.2, 0.25) is 0 Å². The first-order valence-corrected chi connectivity index (χ1v) is 7.37. The van der Waals surface area contributed by atoms with E-state index in [2.05, 4.69) is 20.9 Å². The van der Waals surface area contributed by atoms with Gasteiger partial charge in [0, 0.05) is 11.1 Å². The zero-order chi connectivity index (χ0) is 12.5. The highest BCUT2D eigenvalue weighted by Gasteiger charge is 2.45. The van der Waals surface area contributed by atoms with E-state index in [0.717, 1.165) is 29.3 Å². The number of nitrogens with one attached hydrogen (secondary N) is 1. The summed E-state index contributed by atoms with van der Waals surface area (Å²) in [6.45, 7) is 1.98. The summed E-state index contributed by atoms with van der Waals surface area (Å²) >= 11 is 3.44. The molecular weight excluding hydrogens is 293 g/mol. The normalized spacial score (nSPS) is 20.4. The number of rotatable bonds is 0. The standard InChI is InChI=1S/C15H15BrFN/c1-8-6-10(17)13(16)12-9-7-15(4-5-15)3-2-11(9)18-14(8)12/h6,18H,2-5,7H2,1H3. The maximum Gasteiger partial charge on any atom is 0.138 e. The van der Waals surface area contributed by atoms with Gasteiger partial charge in [-0.2, -0.15) is 0 Å². The molecule has 18 heavy (non-hydrogen) atoms. The molecule has 1 fully saturated rings. The molecule has 1 aromatic carbocycles. The first-order valence-electron chi connectivity index (χ1n) is 6.58. The van der Waals surface area contributed by atoms with Crippen molar-refractivity contribution in [1.82, 2.24) is 4.98 Å². The highest BCUT2D eigenvalue weighted by atomic mass is 79.9. The van der Waals surface area contributed by atoms with Gasteiger partial charge >= 0.3 is 0 Å². The van der Waals surface area contributed by atoms with E-state index in [1.165, 1.54) is 30.5 Å². The van der Waals surface area contributed by atoms with Crippen molar-refractivity contribution in [2.24, 2.45) is 5.41 Å². The van der Waals surface area contributed by atoms with Crippen molar-refractivity contribution >= 4 is 26.8 Å². The Morgan fingerprint density at radius 3 is 2.83 bits per heavy atom. The highest BCUT2D eigenvalue weighted by Crippen LogP contribution is 2.56. The molecule has 3 heteroatoms. The third kappa shape index (κ3) is 1.37. The van der Waals surface area contributed by atoms with Gasteiger partial charge in [0.15, 0.2) is 0 Å². The summed E-state index contributed by atoms with van der Waals surface area (Å²) < 4.78 is 14.5. The summed E-state index contributed by atoms with van der Waals surface area (Å²) in [4.78, 5) is 3.52. The smallest absolute Gasteiger partial charge is 0.138 e. The molecule has 1 aromatic heterocycles. The largest absolute Gasteiger partial charge is 0.358 e. The van der Waals surface area contributed by atoms with E-state index in [-0.39, 0.29) is 5.82 Å². The van der Waals surface area contributed by atoms with Crippen molar-refractivity contribution in [1.29, 1.82) is 0 Å². The van der Waals surface area contributed by atoms with Crippen LogP contribution in [-0.2, 0) is 12.8 Å². The predicted octanol–water partition coefficient (Wildman–Crippen LogP) is 4.65. The number of fused-ring (bicyclic) bond motifs is 3. The minimum Gasteiger partial charge on any atom is -0.358 e. The molecule has 2 aliphatic rings. The van der Waals surface area contributed by atoms with Gasteiger partial charge in [-0.3, -0.25) is 0 Å². The lowest BCUT2D eigenvalue weighted by Gasteiger charge is -2.21. The average Bonchev–Trinajstić information content (AvgIpc) is 2.97. The first kappa shape index (κ1) is 11.0. The second kappa shape index (κ2) is 3.38. The zero-order valence-electron chi connectivity index (χ0n) is 10.4. The number of halogens is 2. The molecule has 1 spiro atoms. The minimum atomic E-state index is -0.141. The van der Waals surface area contributed by atoms with Gasteiger partial charge < -0.3 is 4.98 Å². The molecule has 0 amide bonds.